The topological polar surface area (TPSA) is 46.6 Å². The molecule has 0 N–H and O–H groups in total. The second-order valence-corrected chi connectivity index (χ2v) is 8.32. The molecule has 0 radical (unpaired) electrons. The molecule has 3 aromatic carbocycles. The van der Waals surface area contributed by atoms with Gasteiger partial charge in [0.1, 0.15) is 12.4 Å². The first-order valence-corrected chi connectivity index (χ1v) is 10.3. The Morgan fingerprint density at radius 1 is 0.852 bits per heavy atom. The van der Waals surface area contributed by atoms with E-state index in [1.807, 2.05) is 30.3 Å². The third-order valence-corrected chi connectivity index (χ3v) is 6.08. The molecule has 0 aliphatic heterocycles. The number of rotatable bonds is 8. The van der Waals surface area contributed by atoms with Crippen molar-refractivity contribution in [2.24, 2.45) is 0 Å². The van der Waals surface area contributed by atoms with Gasteiger partial charge in [-0.3, -0.25) is 0 Å². The summed E-state index contributed by atoms with van der Waals surface area (Å²) in [5, 5.41) is 0.575. The van der Waals surface area contributed by atoms with Gasteiger partial charge in [-0.2, -0.15) is 4.31 Å². The molecule has 140 valence electrons. The fraction of sp³-hybridized carbons (Fsp3) is 0.143. The molecule has 0 saturated carbocycles. The van der Waals surface area contributed by atoms with Gasteiger partial charge in [0.15, 0.2) is 0 Å². The van der Waals surface area contributed by atoms with E-state index < -0.39 is 10.0 Å². The maximum atomic E-state index is 13.1. The molecule has 0 heterocycles. The van der Waals surface area contributed by atoms with Crippen molar-refractivity contribution in [3.05, 3.63) is 95.5 Å². The Bertz CT molecular complexity index is 963. The molecule has 0 aliphatic rings. The van der Waals surface area contributed by atoms with Gasteiger partial charge in [0.25, 0.3) is 0 Å². The molecular weight excluding hydrogens is 382 g/mol. The van der Waals surface area contributed by atoms with Gasteiger partial charge in [0, 0.05) is 18.1 Å². The van der Waals surface area contributed by atoms with E-state index in [0.717, 1.165) is 5.56 Å². The Hall–Kier alpha value is -2.34. The summed E-state index contributed by atoms with van der Waals surface area (Å²) >= 11 is 5.96. The fourth-order valence-electron chi connectivity index (χ4n) is 2.63. The number of hydrogen-bond donors (Lipinski definition) is 0. The maximum absolute atomic E-state index is 13.1. The molecule has 0 bridgehead atoms. The van der Waals surface area contributed by atoms with Crippen molar-refractivity contribution < 1.29 is 13.2 Å². The van der Waals surface area contributed by atoms with Gasteiger partial charge >= 0.3 is 0 Å². The number of benzene rings is 3. The van der Waals surface area contributed by atoms with Crippen molar-refractivity contribution in [2.75, 3.05) is 13.2 Å². The van der Waals surface area contributed by atoms with Crippen LogP contribution in [0.4, 0.5) is 0 Å². The van der Waals surface area contributed by atoms with Crippen LogP contribution < -0.4 is 4.74 Å². The molecule has 0 amide bonds. The summed E-state index contributed by atoms with van der Waals surface area (Å²) in [4.78, 5) is 0.267. The van der Waals surface area contributed by atoms with E-state index in [0.29, 0.717) is 10.8 Å². The molecule has 27 heavy (non-hydrogen) atoms. The van der Waals surface area contributed by atoms with Crippen molar-refractivity contribution in [1.82, 2.24) is 4.31 Å². The molecular formula is C21H20ClNO3S. The number of ether oxygens (including phenoxy) is 1. The lowest BCUT2D eigenvalue weighted by Gasteiger charge is -2.22. The van der Waals surface area contributed by atoms with E-state index in [1.165, 1.54) is 4.31 Å². The minimum atomic E-state index is -3.63. The normalized spacial score (nSPS) is 11.5. The quantitative estimate of drug-likeness (QED) is 0.553. The van der Waals surface area contributed by atoms with Gasteiger partial charge < -0.3 is 4.74 Å². The monoisotopic (exact) mass is 401 g/mol. The smallest absolute Gasteiger partial charge is 0.243 e. The Morgan fingerprint density at radius 2 is 1.52 bits per heavy atom. The molecule has 0 fully saturated rings. The van der Waals surface area contributed by atoms with E-state index in [9.17, 15) is 8.42 Å². The summed E-state index contributed by atoms with van der Waals surface area (Å²) in [6.07, 6.45) is 0. The first kappa shape index (κ1) is 19.4. The zero-order valence-electron chi connectivity index (χ0n) is 14.7. The summed E-state index contributed by atoms with van der Waals surface area (Å²) in [7, 11) is -3.63. The third kappa shape index (κ3) is 5.32. The SMILES string of the molecule is O=S(=O)(c1ccccc1)N(CCOc1cccc(Cl)c1)Cc1ccccc1. The highest BCUT2D eigenvalue weighted by Crippen LogP contribution is 2.20. The molecule has 0 saturated heterocycles. The summed E-state index contributed by atoms with van der Waals surface area (Å²) in [6, 6.07) is 25.0. The highest BCUT2D eigenvalue weighted by atomic mass is 35.5. The van der Waals surface area contributed by atoms with Crippen molar-refractivity contribution in [3.8, 4) is 5.75 Å². The van der Waals surface area contributed by atoms with Gasteiger partial charge in [0.05, 0.1) is 4.90 Å². The molecule has 0 aliphatic carbocycles. The van der Waals surface area contributed by atoms with Crippen LogP contribution in [0.5, 0.6) is 5.75 Å². The molecule has 0 atom stereocenters. The van der Waals surface area contributed by atoms with Gasteiger partial charge in [-0.15, -0.1) is 0 Å². The number of nitrogens with zero attached hydrogens (tertiary/aromatic N) is 1. The van der Waals surface area contributed by atoms with Gasteiger partial charge in [-0.05, 0) is 35.9 Å². The van der Waals surface area contributed by atoms with Crippen LogP contribution in [-0.4, -0.2) is 25.9 Å². The zero-order chi connectivity index (χ0) is 19.1. The first-order valence-electron chi connectivity index (χ1n) is 8.53. The van der Waals surface area contributed by atoms with E-state index in [2.05, 4.69) is 0 Å². The average molecular weight is 402 g/mol. The van der Waals surface area contributed by atoms with Crippen LogP contribution in [0.2, 0.25) is 5.02 Å². The summed E-state index contributed by atoms with van der Waals surface area (Å²) < 4.78 is 33.3. The zero-order valence-corrected chi connectivity index (χ0v) is 16.2. The Labute approximate surface area is 165 Å². The van der Waals surface area contributed by atoms with Crippen molar-refractivity contribution in [3.63, 3.8) is 0 Å². The number of sulfonamides is 1. The summed E-state index contributed by atoms with van der Waals surface area (Å²) in [5.74, 6) is 0.610. The highest BCUT2D eigenvalue weighted by Gasteiger charge is 2.24. The van der Waals surface area contributed by atoms with Crippen molar-refractivity contribution in [1.29, 1.82) is 0 Å². The molecule has 0 unspecified atom stereocenters. The Kier molecular flexibility index (Phi) is 6.50. The van der Waals surface area contributed by atoms with Crippen LogP contribution in [0, 0.1) is 0 Å². The second kappa shape index (κ2) is 9.04. The van der Waals surface area contributed by atoms with Crippen molar-refractivity contribution >= 4 is 21.6 Å². The van der Waals surface area contributed by atoms with Crippen LogP contribution in [0.15, 0.2) is 89.8 Å². The Balaban J connectivity index is 1.77. The van der Waals surface area contributed by atoms with Crippen LogP contribution in [0.3, 0.4) is 0 Å². The lowest BCUT2D eigenvalue weighted by atomic mass is 10.2. The van der Waals surface area contributed by atoms with E-state index in [4.69, 9.17) is 16.3 Å². The maximum Gasteiger partial charge on any atom is 0.243 e. The molecule has 3 rings (SSSR count). The van der Waals surface area contributed by atoms with Crippen LogP contribution in [-0.2, 0) is 16.6 Å². The minimum Gasteiger partial charge on any atom is -0.492 e. The van der Waals surface area contributed by atoms with Gasteiger partial charge in [-0.1, -0.05) is 66.2 Å². The standard InChI is InChI=1S/C21H20ClNO3S/c22-19-10-7-11-20(16-19)26-15-14-23(17-18-8-3-1-4-9-18)27(24,25)21-12-5-2-6-13-21/h1-13,16H,14-15,17H2. The largest absolute Gasteiger partial charge is 0.492 e. The number of halogens is 1. The lowest BCUT2D eigenvalue weighted by Crippen LogP contribution is -2.34. The van der Waals surface area contributed by atoms with Crippen LogP contribution in [0.1, 0.15) is 5.56 Å². The molecule has 0 spiro atoms. The minimum absolute atomic E-state index is 0.221. The van der Waals surface area contributed by atoms with E-state index in [-0.39, 0.29) is 24.6 Å². The second-order valence-electron chi connectivity index (χ2n) is 5.94. The third-order valence-electron chi connectivity index (χ3n) is 3.99. The van der Waals surface area contributed by atoms with Gasteiger partial charge in [-0.25, -0.2) is 8.42 Å². The summed E-state index contributed by atoms with van der Waals surface area (Å²) in [6.45, 7) is 0.717. The molecule has 0 aromatic heterocycles. The fourth-order valence-corrected chi connectivity index (χ4v) is 4.25. The molecule has 3 aromatic rings. The highest BCUT2D eigenvalue weighted by molar-refractivity contribution is 7.89. The van der Waals surface area contributed by atoms with Gasteiger partial charge in [0.2, 0.25) is 10.0 Å². The van der Waals surface area contributed by atoms with Crippen LogP contribution >= 0.6 is 11.6 Å². The van der Waals surface area contributed by atoms with E-state index in [1.54, 1.807) is 54.6 Å². The Morgan fingerprint density at radius 3 is 2.19 bits per heavy atom. The average Bonchev–Trinajstić information content (AvgIpc) is 2.69. The first-order chi connectivity index (χ1) is 13.1. The summed E-state index contributed by atoms with van der Waals surface area (Å²) in [5.41, 5.74) is 0.916. The molecule has 6 heteroatoms. The number of hydrogen-bond acceptors (Lipinski definition) is 3. The van der Waals surface area contributed by atoms with Crippen molar-refractivity contribution in [2.45, 2.75) is 11.4 Å². The predicted octanol–water partition coefficient (Wildman–Crippen LogP) is 4.61. The van der Waals surface area contributed by atoms with Crippen LogP contribution in [0.25, 0.3) is 0 Å². The van der Waals surface area contributed by atoms with E-state index >= 15 is 0 Å². The predicted molar refractivity (Wildman–Crippen MR) is 107 cm³/mol. The molecule has 4 nitrogen and oxygen atoms in total. The lowest BCUT2D eigenvalue weighted by molar-refractivity contribution is 0.269.